The number of nitrogens with one attached hydrogen (secondary N) is 1. The molecule has 1 aromatic rings. The lowest BCUT2D eigenvalue weighted by Crippen LogP contribution is -2.34. The van der Waals surface area contributed by atoms with Gasteiger partial charge in [0.05, 0.1) is 4.92 Å². The van der Waals surface area contributed by atoms with Crippen LogP contribution in [0.3, 0.4) is 0 Å². The van der Waals surface area contributed by atoms with E-state index < -0.39 is 26.5 Å². The van der Waals surface area contributed by atoms with E-state index in [0.717, 1.165) is 0 Å². The second kappa shape index (κ2) is 6.80. The number of aryl methyl sites for hydroxylation is 1. The number of carboxylic acids is 1. The molecule has 0 aliphatic heterocycles. The summed E-state index contributed by atoms with van der Waals surface area (Å²) < 4.78 is 0. The molecule has 9 heteroatoms. The summed E-state index contributed by atoms with van der Waals surface area (Å²) in [4.78, 5) is 30.6. The molecule has 108 valence electrons. The van der Waals surface area contributed by atoms with E-state index in [9.17, 15) is 19.7 Å². The van der Waals surface area contributed by atoms with Crippen LogP contribution in [0.15, 0.2) is 18.2 Å². The minimum Gasteiger partial charge on any atom is -0.480 e. The highest BCUT2D eigenvalue weighted by Crippen LogP contribution is 2.23. The molecular weight excluding hydrogens is 400 g/mol. The maximum absolute atomic E-state index is 11.8. The van der Waals surface area contributed by atoms with E-state index in [1.54, 1.807) is 6.92 Å². The summed E-state index contributed by atoms with van der Waals surface area (Å²) in [5.41, 5.74) is 0.809. The van der Waals surface area contributed by atoms with Crippen molar-refractivity contribution in [1.82, 2.24) is 0 Å². The van der Waals surface area contributed by atoms with Crippen molar-refractivity contribution in [2.45, 2.75) is 16.6 Å². The Morgan fingerprint density at radius 3 is 2.40 bits per heavy atom. The van der Waals surface area contributed by atoms with Crippen molar-refractivity contribution in [3.63, 3.8) is 0 Å². The summed E-state index contributed by atoms with van der Waals surface area (Å²) >= 11 is 5.86. The summed E-state index contributed by atoms with van der Waals surface area (Å²) in [5.74, 6) is -1.74. The molecule has 2 atom stereocenters. The predicted octanol–water partition coefficient (Wildman–Crippen LogP) is 2.45. The van der Waals surface area contributed by atoms with Gasteiger partial charge in [0, 0.05) is 17.8 Å². The van der Waals surface area contributed by atoms with Crippen molar-refractivity contribution in [3.8, 4) is 0 Å². The zero-order valence-electron chi connectivity index (χ0n) is 10.2. The monoisotopic (exact) mass is 408 g/mol. The van der Waals surface area contributed by atoms with Crippen LogP contribution in [0, 0.1) is 17.0 Å². The summed E-state index contributed by atoms with van der Waals surface area (Å²) in [5, 5.41) is 21.9. The zero-order chi connectivity index (χ0) is 15.4. The maximum Gasteiger partial charge on any atom is 0.318 e. The number of hydrogen-bond acceptors (Lipinski definition) is 4. The number of carboxylic acid groups (broad SMARTS) is 1. The van der Waals surface area contributed by atoms with Gasteiger partial charge >= 0.3 is 5.97 Å². The van der Waals surface area contributed by atoms with E-state index in [4.69, 9.17) is 5.11 Å². The quantitative estimate of drug-likeness (QED) is 0.441. The van der Waals surface area contributed by atoms with Gasteiger partial charge in [0.15, 0.2) is 0 Å². The lowest BCUT2D eigenvalue weighted by Gasteiger charge is -2.14. The Morgan fingerprint density at radius 1 is 1.35 bits per heavy atom. The SMILES string of the molecule is Cc1cc([N+](=O)[O-])ccc1NC(=O)[C@@H](Br)[C@H](Br)C(=O)O. The molecule has 2 N–H and O–H groups in total. The van der Waals surface area contributed by atoms with Crippen molar-refractivity contribution >= 4 is 55.1 Å². The van der Waals surface area contributed by atoms with E-state index in [1.165, 1.54) is 18.2 Å². The average molecular weight is 410 g/mol. The van der Waals surface area contributed by atoms with Crippen molar-refractivity contribution < 1.29 is 19.6 Å². The molecule has 0 spiro atoms. The lowest BCUT2D eigenvalue weighted by atomic mass is 10.1. The van der Waals surface area contributed by atoms with Crippen LogP contribution in [0.1, 0.15) is 5.56 Å². The van der Waals surface area contributed by atoms with E-state index in [0.29, 0.717) is 11.3 Å². The number of rotatable bonds is 5. The molecule has 20 heavy (non-hydrogen) atoms. The number of nitro groups is 1. The van der Waals surface area contributed by atoms with E-state index in [1.807, 2.05) is 0 Å². The number of alkyl halides is 2. The fraction of sp³-hybridized carbons (Fsp3) is 0.273. The number of carbonyl (C=O) groups is 2. The van der Waals surface area contributed by atoms with Crippen LogP contribution in [0.25, 0.3) is 0 Å². The second-order valence-corrected chi connectivity index (χ2v) is 5.86. The first kappa shape index (κ1) is 16.6. The van der Waals surface area contributed by atoms with Crippen LogP contribution in [-0.2, 0) is 9.59 Å². The van der Waals surface area contributed by atoms with Gasteiger partial charge in [0.2, 0.25) is 5.91 Å². The number of hydrogen-bond donors (Lipinski definition) is 2. The van der Waals surface area contributed by atoms with E-state index in [2.05, 4.69) is 37.2 Å². The first-order valence-corrected chi connectivity index (χ1v) is 7.14. The van der Waals surface area contributed by atoms with Gasteiger partial charge in [-0.2, -0.15) is 0 Å². The normalized spacial score (nSPS) is 13.3. The average Bonchev–Trinajstić information content (AvgIpc) is 2.38. The molecule has 7 nitrogen and oxygen atoms in total. The van der Waals surface area contributed by atoms with Crippen LogP contribution in [0.2, 0.25) is 0 Å². The van der Waals surface area contributed by atoms with Crippen LogP contribution in [-0.4, -0.2) is 31.6 Å². The Kier molecular flexibility index (Phi) is 5.63. The van der Waals surface area contributed by atoms with Crippen LogP contribution >= 0.6 is 31.9 Å². The van der Waals surface area contributed by atoms with Crippen molar-refractivity contribution in [2.24, 2.45) is 0 Å². The van der Waals surface area contributed by atoms with Crippen molar-refractivity contribution in [2.75, 3.05) is 5.32 Å². The van der Waals surface area contributed by atoms with E-state index in [-0.39, 0.29) is 5.69 Å². The molecule has 0 radical (unpaired) electrons. The van der Waals surface area contributed by atoms with Gasteiger partial charge in [0.1, 0.15) is 9.65 Å². The summed E-state index contributed by atoms with van der Waals surface area (Å²) in [6.45, 7) is 1.61. The lowest BCUT2D eigenvalue weighted by molar-refractivity contribution is -0.384. The first-order valence-electron chi connectivity index (χ1n) is 5.31. The molecule has 0 heterocycles. The Balaban J connectivity index is 2.86. The number of anilines is 1. The molecule has 1 rings (SSSR count). The highest BCUT2D eigenvalue weighted by molar-refractivity contribution is 9.12. The third-order valence-corrected chi connectivity index (χ3v) is 5.00. The molecule has 0 saturated heterocycles. The number of aliphatic carboxylic acids is 1. The van der Waals surface area contributed by atoms with Crippen LogP contribution < -0.4 is 5.32 Å². The summed E-state index contributed by atoms with van der Waals surface area (Å²) in [6, 6.07) is 3.98. The van der Waals surface area contributed by atoms with Gasteiger partial charge in [-0.05, 0) is 18.6 Å². The Morgan fingerprint density at radius 2 is 1.95 bits per heavy atom. The van der Waals surface area contributed by atoms with Gasteiger partial charge in [0.25, 0.3) is 5.69 Å². The first-order chi connectivity index (χ1) is 9.23. The second-order valence-electron chi connectivity index (χ2n) is 3.89. The fourth-order valence-corrected chi connectivity index (χ4v) is 1.94. The molecule has 0 bridgehead atoms. The third-order valence-electron chi connectivity index (χ3n) is 2.42. The summed E-state index contributed by atoms with van der Waals surface area (Å²) in [6.07, 6.45) is 0. The number of benzene rings is 1. The summed E-state index contributed by atoms with van der Waals surface area (Å²) in [7, 11) is 0. The molecule has 0 aliphatic carbocycles. The number of nitrogens with zero attached hydrogens (tertiary/aromatic N) is 1. The predicted molar refractivity (Wildman–Crippen MR) is 79.5 cm³/mol. The smallest absolute Gasteiger partial charge is 0.318 e. The fourth-order valence-electron chi connectivity index (χ4n) is 1.36. The number of halogens is 2. The van der Waals surface area contributed by atoms with Gasteiger partial charge in [-0.25, -0.2) is 0 Å². The Bertz CT molecular complexity index is 564. The molecule has 1 aromatic carbocycles. The molecule has 0 aromatic heterocycles. The zero-order valence-corrected chi connectivity index (χ0v) is 13.3. The van der Waals surface area contributed by atoms with Gasteiger partial charge < -0.3 is 10.4 Å². The molecular formula is C11H10Br2N2O5. The van der Waals surface area contributed by atoms with Gasteiger partial charge in [-0.15, -0.1) is 0 Å². The standard InChI is InChI=1S/C11H10Br2N2O5/c1-5-4-6(15(19)20)2-3-7(5)14-10(16)8(12)9(13)11(17)18/h2-4,8-9H,1H3,(H,14,16)(H,17,18)/t8-,9-/m0/s1. The maximum atomic E-state index is 11.8. The molecule has 0 fully saturated rings. The van der Waals surface area contributed by atoms with Gasteiger partial charge in [-0.3, -0.25) is 19.7 Å². The van der Waals surface area contributed by atoms with Crippen molar-refractivity contribution in [3.05, 3.63) is 33.9 Å². The minimum atomic E-state index is -1.18. The number of amides is 1. The highest BCUT2D eigenvalue weighted by atomic mass is 79.9. The van der Waals surface area contributed by atoms with Crippen LogP contribution in [0.4, 0.5) is 11.4 Å². The Hall–Kier alpha value is -1.48. The topological polar surface area (TPSA) is 110 Å². The molecule has 0 unspecified atom stereocenters. The van der Waals surface area contributed by atoms with Crippen LogP contribution in [0.5, 0.6) is 0 Å². The molecule has 0 saturated carbocycles. The third kappa shape index (κ3) is 4.01. The largest absolute Gasteiger partial charge is 0.480 e. The number of carbonyl (C=O) groups excluding carboxylic acids is 1. The van der Waals surface area contributed by atoms with Gasteiger partial charge in [-0.1, -0.05) is 31.9 Å². The van der Waals surface area contributed by atoms with E-state index >= 15 is 0 Å². The van der Waals surface area contributed by atoms with Crippen molar-refractivity contribution in [1.29, 1.82) is 0 Å². The highest BCUT2D eigenvalue weighted by Gasteiger charge is 2.29. The minimum absolute atomic E-state index is 0.0835. The number of non-ortho nitro benzene ring substituents is 1. The Labute approximate surface area is 130 Å². The molecule has 1 amide bonds. The number of nitro benzene ring substituents is 1. The molecule has 0 aliphatic rings.